The maximum atomic E-state index is 12.4. The SMILES string of the molecule is Fc1ncc(Cl)c(Br)c1Cl. The zero-order valence-corrected chi connectivity index (χ0v) is 7.63. The van der Waals surface area contributed by atoms with Crippen molar-refractivity contribution >= 4 is 39.1 Å². The van der Waals surface area contributed by atoms with Crippen molar-refractivity contribution < 1.29 is 4.39 Å². The minimum Gasteiger partial charge on any atom is -0.225 e. The van der Waals surface area contributed by atoms with Gasteiger partial charge in [0.2, 0.25) is 5.95 Å². The van der Waals surface area contributed by atoms with Gasteiger partial charge in [-0.1, -0.05) is 23.2 Å². The number of aromatic nitrogens is 1. The molecule has 0 radical (unpaired) electrons. The van der Waals surface area contributed by atoms with E-state index in [-0.39, 0.29) is 5.02 Å². The molecule has 0 saturated heterocycles. The van der Waals surface area contributed by atoms with Crippen LogP contribution in [0.5, 0.6) is 0 Å². The van der Waals surface area contributed by atoms with Gasteiger partial charge < -0.3 is 0 Å². The summed E-state index contributed by atoms with van der Waals surface area (Å²) in [5, 5.41) is 0.207. The molecule has 1 aromatic heterocycles. The third kappa shape index (κ3) is 1.41. The van der Waals surface area contributed by atoms with E-state index in [0.717, 1.165) is 0 Å². The highest BCUT2D eigenvalue weighted by Gasteiger charge is 2.07. The van der Waals surface area contributed by atoms with E-state index in [4.69, 9.17) is 23.2 Å². The molecule has 54 valence electrons. The van der Waals surface area contributed by atoms with Crippen molar-refractivity contribution in [1.82, 2.24) is 4.98 Å². The molecule has 0 N–H and O–H groups in total. The van der Waals surface area contributed by atoms with Gasteiger partial charge in [0.15, 0.2) is 0 Å². The molecule has 1 aromatic rings. The van der Waals surface area contributed by atoms with Crippen molar-refractivity contribution in [2.45, 2.75) is 0 Å². The van der Waals surface area contributed by atoms with E-state index >= 15 is 0 Å². The number of hydrogen-bond acceptors (Lipinski definition) is 1. The Morgan fingerprint density at radius 1 is 1.50 bits per heavy atom. The first-order chi connectivity index (χ1) is 4.63. The molecular weight excluding hydrogens is 244 g/mol. The number of halogens is 4. The van der Waals surface area contributed by atoms with Crippen LogP contribution in [0.25, 0.3) is 0 Å². The highest BCUT2D eigenvalue weighted by atomic mass is 79.9. The third-order valence-electron chi connectivity index (χ3n) is 0.875. The molecule has 1 nitrogen and oxygen atoms in total. The van der Waals surface area contributed by atoms with Crippen LogP contribution in [0.3, 0.4) is 0 Å². The van der Waals surface area contributed by atoms with Gasteiger partial charge in [-0.2, -0.15) is 4.39 Å². The molecule has 0 aliphatic carbocycles. The van der Waals surface area contributed by atoms with Crippen molar-refractivity contribution in [2.24, 2.45) is 0 Å². The average Bonchev–Trinajstić information content (AvgIpc) is 1.93. The van der Waals surface area contributed by atoms with Crippen LogP contribution in [0.4, 0.5) is 4.39 Å². The van der Waals surface area contributed by atoms with E-state index in [0.29, 0.717) is 9.50 Å². The molecule has 0 spiro atoms. The quantitative estimate of drug-likeness (QED) is 0.639. The zero-order valence-electron chi connectivity index (χ0n) is 4.54. The Kier molecular flexibility index (Phi) is 2.50. The minimum atomic E-state index is -0.724. The fourth-order valence-electron chi connectivity index (χ4n) is 0.422. The molecule has 10 heavy (non-hydrogen) atoms. The van der Waals surface area contributed by atoms with Gasteiger partial charge in [-0.3, -0.25) is 0 Å². The van der Waals surface area contributed by atoms with Crippen molar-refractivity contribution in [3.8, 4) is 0 Å². The summed E-state index contributed by atoms with van der Waals surface area (Å²) in [6, 6.07) is 0. The van der Waals surface area contributed by atoms with Crippen LogP contribution in [0.1, 0.15) is 0 Å². The highest BCUT2D eigenvalue weighted by Crippen LogP contribution is 2.30. The Balaban J connectivity index is 3.34. The lowest BCUT2D eigenvalue weighted by Crippen LogP contribution is -1.84. The largest absolute Gasteiger partial charge is 0.232 e. The number of rotatable bonds is 0. The topological polar surface area (TPSA) is 12.9 Å². The zero-order chi connectivity index (χ0) is 7.72. The molecule has 0 unspecified atom stereocenters. The van der Waals surface area contributed by atoms with Gasteiger partial charge in [0.05, 0.1) is 9.50 Å². The van der Waals surface area contributed by atoms with Crippen LogP contribution in [0.15, 0.2) is 10.7 Å². The summed E-state index contributed by atoms with van der Waals surface area (Å²) in [5.41, 5.74) is 0. The van der Waals surface area contributed by atoms with Gasteiger partial charge in [-0.15, -0.1) is 0 Å². The first-order valence-corrected chi connectivity index (χ1v) is 3.83. The number of hydrogen-bond donors (Lipinski definition) is 0. The van der Waals surface area contributed by atoms with E-state index in [1.54, 1.807) is 0 Å². The van der Waals surface area contributed by atoms with Crippen LogP contribution in [-0.4, -0.2) is 4.98 Å². The average molecular weight is 245 g/mol. The van der Waals surface area contributed by atoms with E-state index in [1.807, 2.05) is 0 Å². The lowest BCUT2D eigenvalue weighted by molar-refractivity contribution is 0.583. The van der Waals surface area contributed by atoms with E-state index in [1.165, 1.54) is 6.20 Å². The maximum absolute atomic E-state index is 12.4. The second kappa shape index (κ2) is 3.03. The van der Waals surface area contributed by atoms with Gasteiger partial charge in [0, 0.05) is 6.20 Å². The minimum absolute atomic E-state index is 0.0903. The smallest absolute Gasteiger partial charge is 0.225 e. The van der Waals surface area contributed by atoms with Crippen LogP contribution in [0, 0.1) is 5.95 Å². The first kappa shape index (κ1) is 8.24. The Morgan fingerprint density at radius 3 is 2.60 bits per heavy atom. The first-order valence-electron chi connectivity index (χ1n) is 2.28. The molecule has 0 aromatic carbocycles. The third-order valence-corrected chi connectivity index (χ3v) is 2.79. The molecular formula is C5HBrCl2FN. The number of pyridine rings is 1. The molecule has 5 heteroatoms. The van der Waals surface area contributed by atoms with E-state index < -0.39 is 5.95 Å². The standard InChI is InChI=1S/C5HBrCl2FN/c6-3-2(7)1-10-5(9)4(3)8/h1H. The number of nitrogens with zero attached hydrogens (tertiary/aromatic N) is 1. The van der Waals surface area contributed by atoms with Crippen molar-refractivity contribution in [1.29, 1.82) is 0 Å². The normalized spacial score (nSPS) is 10.0. The summed E-state index contributed by atoms with van der Waals surface area (Å²) in [6.07, 6.45) is 1.19. The van der Waals surface area contributed by atoms with Crippen molar-refractivity contribution in [3.05, 3.63) is 26.7 Å². The summed E-state index contributed by atoms with van der Waals surface area (Å²) >= 11 is 13.9. The van der Waals surface area contributed by atoms with Crippen LogP contribution < -0.4 is 0 Å². The van der Waals surface area contributed by atoms with Gasteiger partial charge in [0.1, 0.15) is 5.02 Å². The van der Waals surface area contributed by atoms with Gasteiger partial charge in [0.25, 0.3) is 0 Å². The Bertz CT molecular complexity index is 239. The second-order valence-electron chi connectivity index (χ2n) is 1.52. The van der Waals surface area contributed by atoms with Crippen molar-refractivity contribution in [2.75, 3.05) is 0 Å². The molecule has 0 aliphatic rings. The molecule has 0 saturated carbocycles. The monoisotopic (exact) mass is 243 g/mol. The van der Waals surface area contributed by atoms with Crippen LogP contribution in [-0.2, 0) is 0 Å². The van der Waals surface area contributed by atoms with Gasteiger partial charge in [-0.25, -0.2) is 4.98 Å². The lowest BCUT2D eigenvalue weighted by atomic mass is 10.5. The predicted octanol–water partition coefficient (Wildman–Crippen LogP) is 3.29. The fraction of sp³-hybridized carbons (Fsp3) is 0. The Hall–Kier alpha value is 0.140. The fourth-order valence-corrected chi connectivity index (χ4v) is 1.03. The van der Waals surface area contributed by atoms with Gasteiger partial charge >= 0.3 is 0 Å². The van der Waals surface area contributed by atoms with E-state index in [2.05, 4.69) is 20.9 Å². The molecule has 0 amide bonds. The van der Waals surface area contributed by atoms with Crippen LogP contribution >= 0.6 is 39.1 Å². The summed E-state index contributed by atoms with van der Waals surface area (Å²) in [7, 11) is 0. The van der Waals surface area contributed by atoms with Gasteiger partial charge in [-0.05, 0) is 15.9 Å². The Labute approximate surface area is 75.3 Å². The predicted molar refractivity (Wildman–Crippen MR) is 41.9 cm³/mol. The second-order valence-corrected chi connectivity index (χ2v) is 3.10. The summed E-state index contributed by atoms with van der Waals surface area (Å²) in [4.78, 5) is 3.28. The molecule has 1 rings (SSSR count). The lowest BCUT2D eigenvalue weighted by Gasteiger charge is -1.96. The summed E-state index contributed by atoms with van der Waals surface area (Å²) in [6.45, 7) is 0. The molecule has 0 atom stereocenters. The molecule has 0 fully saturated rings. The van der Waals surface area contributed by atoms with Crippen LogP contribution in [0.2, 0.25) is 10.0 Å². The summed E-state index contributed by atoms with van der Waals surface area (Å²) in [5.74, 6) is -0.724. The molecule has 0 aliphatic heterocycles. The van der Waals surface area contributed by atoms with E-state index in [9.17, 15) is 4.39 Å². The molecule has 1 heterocycles. The highest BCUT2D eigenvalue weighted by molar-refractivity contribution is 9.10. The van der Waals surface area contributed by atoms with Crippen molar-refractivity contribution in [3.63, 3.8) is 0 Å². The molecule has 0 bridgehead atoms. The maximum Gasteiger partial charge on any atom is 0.232 e. The Morgan fingerprint density at radius 2 is 2.10 bits per heavy atom. The summed E-state index contributed by atoms with van der Waals surface area (Å²) < 4.78 is 12.8.